The summed E-state index contributed by atoms with van der Waals surface area (Å²) >= 11 is 0. The number of rotatable bonds is 2. The van der Waals surface area contributed by atoms with Gasteiger partial charge in [-0.2, -0.15) is 5.26 Å². The van der Waals surface area contributed by atoms with Crippen molar-refractivity contribution < 1.29 is 0 Å². The van der Waals surface area contributed by atoms with Crippen molar-refractivity contribution in [2.24, 2.45) is 5.73 Å². The van der Waals surface area contributed by atoms with Crippen molar-refractivity contribution in [2.45, 2.75) is 12.5 Å². The van der Waals surface area contributed by atoms with Crippen molar-refractivity contribution in [3.05, 3.63) is 54.1 Å². The van der Waals surface area contributed by atoms with Crippen LogP contribution in [0.15, 0.2) is 48.5 Å². The van der Waals surface area contributed by atoms with Gasteiger partial charge in [0.15, 0.2) is 0 Å². The van der Waals surface area contributed by atoms with E-state index >= 15 is 0 Å². The first-order valence-electron chi connectivity index (χ1n) is 6.88. The van der Waals surface area contributed by atoms with Crippen molar-refractivity contribution in [1.82, 2.24) is 0 Å². The maximum Gasteiger partial charge on any atom is 0.101 e. The van der Waals surface area contributed by atoms with Gasteiger partial charge in [0.1, 0.15) is 6.07 Å². The second-order valence-electron chi connectivity index (χ2n) is 5.20. The van der Waals surface area contributed by atoms with Crippen LogP contribution in [0.5, 0.6) is 0 Å². The van der Waals surface area contributed by atoms with Crippen LogP contribution in [0.4, 0.5) is 5.69 Å². The number of halogens is 1. The van der Waals surface area contributed by atoms with E-state index in [4.69, 9.17) is 5.73 Å². The van der Waals surface area contributed by atoms with Crippen molar-refractivity contribution in [3.63, 3.8) is 0 Å². The van der Waals surface area contributed by atoms with E-state index in [1.54, 1.807) is 0 Å². The van der Waals surface area contributed by atoms with Gasteiger partial charge in [0.05, 0.1) is 11.3 Å². The molecule has 21 heavy (non-hydrogen) atoms. The first-order chi connectivity index (χ1) is 9.78. The maximum atomic E-state index is 9.41. The Kier molecular flexibility index (Phi) is 4.85. The molecule has 108 valence electrons. The summed E-state index contributed by atoms with van der Waals surface area (Å²) in [6.45, 7) is 1.76. The number of nitriles is 1. The smallest absolute Gasteiger partial charge is 0.101 e. The molecule has 2 aromatic rings. The fourth-order valence-corrected chi connectivity index (χ4v) is 2.72. The number of benzene rings is 2. The first-order valence-corrected chi connectivity index (χ1v) is 6.88. The van der Waals surface area contributed by atoms with Gasteiger partial charge in [-0.3, -0.25) is 0 Å². The fraction of sp³-hybridized carbons (Fsp3) is 0.235. The summed E-state index contributed by atoms with van der Waals surface area (Å²) in [7, 11) is 0. The minimum atomic E-state index is 0. The summed E-state index contributed by atoms with van der Waals surface area (Å²) in [5, 5.41) is 9.41. The van der Waals surface area contributed by atoms with Gasteiger partial charge in [-0.1, -0.05) is 36.4 Å². The Morgan fingerprint density at radius 1 is 1.10 bits per heavy atom. The average molecular weight is 300 g/mol. The summed E-state index contributed by atoms with van der Waals surface area (Å²) in [4.78, 5) is 2.21. The zero-order valence-corrected chi connectivity index (χ0v) is 12.5. The molecule has 1 atom stereocenters. The van der Waals surface area contributed by atoms with Crippen LogP contribution in [0.2, 0.25) is 0 Å². The van der Waals surface area contributed by atoms with Crippen LogP contribution in [0.3, 0.4) is 0 Å². The van der Waals surface area contributed by atoms with Crippen molar-refractivity contribution >= 4 is 18.1 Å². The molecule has 1 saturated heterocycles. The maximum absolute atomic E-state index is 9.41. The van der Waals surface area contributed by atoms with Crippen molar-refractivity contribution in [3.8, 4) is 17.2 Å². The molecule has 4 heteroatoms. The quantitative estimate of drug-likeness (QED) is 0.926. The van der Waals surface area contributed by atoms with E-state index in [-0.39, 0.29) is 18.4 Å². The number of nitrogens with two attached hydrogens (primary N) is 1. The largest absolute Gasteiger partial charge is 0.369 e. The number of anilines is 1. The third-order valence-electron chi connectivity index (χ3n) is 3.79. The highest BCUT2D eigenvalue weighted by atomic mass is 35.5. The second kappa shape index (κ2) is 6.62. The number of hydrogen-bond donors (Lipinski definition) is 1. The molecule has 1 fully saturated rings. The van der Waals surface area contributed by atoms with E-state index in [1.165, 1.54) is 0 Å². The Hall–Kier alpha value is -2.02. The van der Waals surface area contributed by atoms with Crippen LogP contribution >= 0.6 is 12.4 Å². The zero-order valence-electron chi connectivity index (χ0n) is 11.7. The van der Waals surface area contributed by atoms with Crippen LogP contribution < -0.4 is 10.6 Å². The van der Waals surface area contributed by atoms with Crippen LogP contribution in [0.25, 0.3) is 11.1 Å². The molecule has 0 aliphatic carbocycles. The van der Waals surface area contributed by atoms with E-state index in [2.05, 4.69) is 29.2 Å². The SMILES string of the molecule is Cl.N#Cc1cc(-c2ccccc2)ccc1N1CC[C@H](N)C1. The lowest BCUT2D eigenvalue weighted by molar-refractivity contribution is 0.752. The number of hydrogen-bond acceptors (Lipinski definition) is 3. The average Bonchev–Trinajstić information content (AvgIpc) is 2.94. The molecule has 3 nitrogen and oxygen atoms in total. The zero-order chi connectivity index (χ0) is 13.9. The summed E-state index contributed by atoms with van der Waals surface area (Å²) in [6.07, 6.45) is 0.991. The highest BCUT2D eigenvalue weighted by Gasteiger charge is 2.21. The first kappa shape index (κ1) is 15.4. The van der Waals surface area contributed by atoms with Crippen LogP contribution in [0, 0.1) is 11.3 Å². The Balaban J connectivity index is 0.00000161. The van der Waals surface area contributed by atoms with Gasteiger partial charge < -0.3 is 10.6 Å². The Morgan fingerprint density at radius 3 is 2.48 bits per heavy atom. The van der Waals surface area contributed by atoms with Crippen LogP contribution in [-0.2, 0) is 0 Å². The summed E-state index contributed by atoms with van der Waals surface area (Å²) in [6, 6.07) is 18.7. The topological polar surface area (TPSA) is 53.0 Å². The molecule has 1 aliphatic rings. The Labute approximate surface area is 131 Å². The van der Waals surface area contributed by atoms with Gasteiger partial charge in [-0.15, -0.1) is 12.4 Å². The molecule has 3 rings (SSSR count). The highest BCUT2D eigenvalue weighted by Crippen LogP contribution is 2.29. The van der Waals surface area contributed by atoms with E-state index in [0.29, 0.717) is 0 Å². The lowest BCUT2D eigenvalue weighted by Gasteiger charge is -2.20. The van der Waals surface area contributed by atoms with Gasteiger partial charge in [0.2, 0.25) is 0 Å². The molecule has 0 radical (unpaired) electrons. The highest BCUT2D eigenvalue weighted by molar-refractivity contribution is 5.85. The van der Waals surface area contributed by atoms with E-state index in [1.807, 2.05) is 30.3 Å². The van der Waals surface area contributed by atoms with Crippen molar-refractivity contribution in [1.29, 1.82) is 5.26 Å². The fourth-order valence-electron chi connectivity index (χ4n) is 2.72. The number of nitrogens with zero attached hydrogens (tertiary/aromatic N) is 2. The van der Waals surface area contributed by atoms with Crippen LogP contribution in [0.1, 0.15) is 12.0 Å². The van der Waals surface area contributed by atoms with Gasteiger partial charge in [-0.05, 0) is 29.7 Å². The minimum absolute atomic E-state index is 0. The minimum Gasteiger partial charge on any atom is -0.369 e. The molecule has 0 spiro atoms. The van der Waals surface area contributed by atoms with Gasteiger partial charge in [-0.25, -0.2) is 0 Å². The molecule has 0 unspecified atom stereocenters. The molecule has 2 aromatic carbocycles. The van der Waals surface area contributed by atoms with Gasteiger partial charge >= 0.3 is 0 Å². The molecule has 1 heterocycles. The molecule has 0 aromatic heterocycles. The predicted molar refractivity (Wildman–Crippen MR) is 88.6 cm³/mol. The molecule has 0 saturated carbocycles. The summed E-state index contributed by atoms with van der Waals surface area (Å²) in [5.74, 6) is 0. The Morgan fingerprint density at radius 2 is 1.86 bits per heavy atom. The van der Waals surface area contributed by atoms with Crippen molar-refractivity contribution in [2.75, 3.05) is 18.0 Å². The molecular formula is C17H18ClN3. The normalized spacial score (nSPS) is 17.1. The molecule has 0 amide bonds. The van der Waals surface area contributed by atoms with E-state index < -0.39 is 0 Å². The summed E-state index contributed by atoms with van der Waals surface area (Å²) in [5.41, 5.74) is 9.88. The van der Waals surface area contributed by atoms with E-state index in [0.717, 1.165) is 41.9 Å². The third-order valence-corrected chi connectivity index (χ3v) is 3.79. The lowest BCUT2D eigenvalue weighted by atomic mass is 10.0. The van der Waals surface area contributed by atoms with E-state index in [9.17, 15) is 5.26 Å². The second-order valence-corrected chi connectivity index (χ2v) is 5.20. The Bertz CT molecular complexity index is 649. The predicted octanol–water partition coefficient (Wildman–Crippen LogP) is 3.18. The standard InChI is InChI=1S/C17H17N3.ClH/c18-11-15-10-14(13-4-2-1-3-5-13)6-7-17(15)20-9-8-16(19)12-20;/h1-7,10,16H,8-9,12,19H2;1H/t16-;/m0./s1. The molecule has 2 N–H and O–H groups in total. The van der Waals surface area contributed by atoms with Gasteiger partial charge in [0, 0.05) is 19.1 Å². The summed E-state index contributed by atoms with van der Waals surface area (Å²) < 4.78 is 0. The lowest BCUT2D eigenvalue weighted by Crippen LogP contribution is -2.26. The molecule has 1 aliphatic heterocycles. The van der Waals surface area contributed by atoms with Gasteiger partial charge in [0.25, 0.3) is 0 Å². The monoisotopic (exact) mass is 299 g/mol. The van der Waals surface area contributed by atoms with Crippen LogP contribution in [-0.4, -0.2) is 19.1 Å². The molecular weight excluding hydrogens is 282 g/mol. The molecule has 0 bridgehead atoms. The third kappa shape index (κ3) is 3.18.